The van der Waals surface area contributed by atoms with Crippen LogP contribution in [0.4, 0.5) is 20.4 Å². The number of ether oxygens (including phenoxy) is 2. The summed E-state index contributed by atoms with van der Waals surface area (Å²) in [6.07, 6.45) is 3.67. The van der Waals surface area contributed by atoms with Crippen LogP contribution in [0.15, 0.2) is 36.7 Å². The van der Waals surface area contributed by atoms with Gasteiger partial charge in [0.2, 0.25) is 0 Å². The predicted octanol–water partition coefficient (Wildman–Crippen LogP) is 3.23. The Kier molecular flexibility index (Phi) is 4.83. The lowest BCUT2D eigenvalue weighted by atomic mass is 10.1. The maximum absolute atomic E-state index is 12.4. The number of nitrogens with zero attached hydrogens (tertiary/aromatic N) is 3. The summed E-state index contributed by atoms with van der Waals surface area (Å²) in [7, 11) is 0. The first-order chi connectivity index (χ1) is 12.7. The second-order valence-electron chi connectivity index (χ2n) is 6.44. The van der Waals surface area contributed by atoms with Crippen molar-refractivity contribution in [1.82, 2.24) is 9.97 Å². The fourth-order valence-corrected chi connectivity index (χ4v) is 2.99. The Hall–Kier alpha value is -2.48. The van der Waals surface area contributed by atoms with Crippen LogP contribution in [0.25, 0.3) is 0 Å². The van der Waals surface area contributed by atoms with Gasteiger partial charge in [-0.05, 0) is 30.5 Å². The van der Waals surface area contributed by atoms with Gasteiger partial charge in [0.1, 0.15) is 29.8 Å². The predicted molar refractivity (Wildman–Crippen MR) is 92.7 cm³/mol. The van der Waals surface area contributed by atoms with E-state index >= 15 is 0 Å². The first kappa shape index (κ1) is 17.0. The van der Waals surface area contributed by atoms with Gasteiger partial charge in [-0.15, -0.1) is 0 Å². The SMILES string of the molecule is FC(F)Oc1cccc(C2CN(c3cc(NC4CC4)ncn3)CCO2)c1. The lowest BCUT2D eigenvalue weighted by Gasteiger charge is -2.34. The minimum absolute atomic E-state index is 0.135. The fourth-order valence-electron chi connectivity index (χ4n) is 2.99. The summed E-state index contributed by atoms with van der Waals surface area (Å²) in [6, 6.07) is 9.12. The van der Waals surface area contributed by atoms with Crippen molar-refractivity contribution in [1.29, 1.82) is 0 Å². The number of anilines is 2. The molecule has 1 aliphatic carbocycles. The van der Waals surface area contributed by atoms with E-state index in [-0.39, 0.29) is 11.9 Å². The van der Waals surface area contributed by atoms with E-state index in [2.05, 4.69) is 24.9 Å². The Morgan fingerprint density at radius 2 is 2.12 bits per heavy atom. The molecule has 1 saturated heterocycles. The van der Waals surface area contributed by atoms with E-state index in [1.54, 1.807) is 18.5 Å². The number of rotatable bonds is 6. The smallest absolute Gasteiger partial charge is 0.387 e. The molecule has 0 spiro atoms. The molecule has 2 fully saturated rings. The number of aromatic nitrogens is 2. The lowest BCUT2D eigenvalue weighted by molar-refractivity contribution is -0.0501. The Morgan fingerprint density at radius 1 is 1.23 bits per heavy atom. The molecule has 4 rings (SSSR count). The molecule has 0 bridgehead atoms. The molecule has 8 heteroatoms. The second kappa shape index (κ2) is 7.41. The number of benzene rings is 1. The molecule has 6 nitrogen and oxygen atoms in total. The van der Waals surface area contributed by atoms with Gasteiger partial charge in [-0.25, -0.2) is 9.97 Å². The maximum Gasteiger partial charge on any atom is 0.387 e. The molecule has 26 heavy (non-hydrogen) atoms. The molecule has 1 aromatic heterocycles. The number of hydrogen-bond donors (Lipinski definition) is 1. The summed E-state index contributed by atoms with van der Waals surface area (Å²) in [4.78, 5) is 10.8. The van der Waals surface area contributed by atoms with Crippen LogP contribution in [0.1, 0.15) is 24.5 Å². The monoisotopic (exact) mass is 362 g/mol. The van der Waals surface area contributed by atoms with Crippen LogP contribution in [0.5, 0.6) is 5.75 Å². The summed E-state index contributed by atoms with van der Waals surface area (Å²) in [5, 5.41) is 3.37. The minimum atomic E-state index is -2.84. The lowest BCUT2D eigenvalue weighted by Crippen LogP contribution is -2.38. The maximum atomic E-state index is 12.4. The number of halogens is 2. The zero-order chi connectivity index (χ0) is 17.9. The molecule has 2 aromatic rings. The van der Waals surface area contributed by atoms with Gasteiger partial charge in [-0.3, -0.25) is 0 Å². The Morgan fingerprint density at radius 3 is 2.92 bits per heavy atom. The van der Waals surface area contributed by atoms with Crippen molar-refractivity contribution in [2.75, 3.05) is 29.9 Å². The van der Waals surface area contributed by atoms with Crippen LogP contribution in [-0.4, -0.2) is 42.3 Å². The first-order valence-electron chi connectivity index (χ1n) is 8.67. The number of nitrogens with one attached hydrogen (secondary N) is 1. The van der Waals surface area contributed by atoms with Gasteiger partial charge in [0.15, 0.2) is 0 Å². The highest BCUT2D eigenvalue weighted by Gasteiger charge is 2.25. The topological polar surface area (TPSA) is 59.5 Å². The number of morpholine rings is 1. The first-order valence-corrected chi connectivity index (χ1v) is 8.67. The minimum Gasteiger partial charge on any atom is -0.435 e. The van der Waals surface area contributed by atoms with Crippen molar-refractivity contribution in [2.24, 2.45) is 0 Å². The van der Waals surface area contributed by atoms with Gasteiger partial charge in [-0.2, -0.15) is 8.78 Å². The Bertz CT molecular complexity index is 704. The highest BCUT2D eigenvalue weighted by molar-refractivity contribution is 5.50. The van der Waals surface area contributed by atoms with Crippen molar-refractivity contribution in [3.05, 3.63) is 42.2 Å². The molecule has 0 amide bonds. The summed E-state index contributed by atoms with van der Waals surface area (Å²) < 4.78 is 35.2. The molecule has 1 aromatic carbocycles. The molecule has 2 aliphatic rings. The fraction of sp³-hybridized carbons (Fsp3) is 0.444. The molecule has 0 radical (unpaired) electrons. The third-order valence-electron chi connectivity index (χ3n) is 4.43. The molecule has 1 N–H and O–H groups in total. The second-order valence-corrected chi connectivity index (χ2v) is 6.44. The summed E-state index contributed by atoms with van der Waals surface area (Å²) in [5.74, 6) is 1.79. The average molecular weight is 362 g/mol. The Balaban J connectivity index is 1.47. The third kappa shape index (κ3) is 4.19. The molecule has 138 valence electrons. The van der Waals surface area contributed by atoms with Crippen molar-refractivity contribution < 1.29 is 18.3 Å². The van der Waals surface area contributed by atoms with Gasteiger partial charge < -0.3 is 19.7 Å². The van der Waals surface area contributed by atoms with Crippen LogP contribution in [-0.2, 0) is 4.74 Å². The van der Waals surface area contributed by atoms with E-state index in [1.165, 1.54) is 18.9 Å². The van der Waals surface area contributed by atoms with Crippen LogP contribution >= 0.6 is 0 Å². The molecule has 2 heterocycles. The molecule has 1 saturated carbocycles. The Labute approximate surface area is 150 Å². The standard InChI is InChI=1S/C18H20F2N4O2/c19-18(20)26-14-3-1-2-12(8-14)15-10-24(6-7-25-15)17-9-16(21-11-22-17)23-13-4-5-13/h1-3,8-9,11,13,15,18H,4-7,10H2,(H,21,22,23). The van der Waals surface area contributed by atoms with Gasteiger partial charge in [0.05, 0.1) is 6.61 Å². The zero-order valence-electron chi connectivity index (χ0n) is 14.1. The molecule has 1 aliphatic heterocycles. The van der Waals surface area contributed by atoms with Crippen molar-refractivity contribution in [3.63, 3.8) is 0 Å². The van der Waals surface area contributed by atoms with E-state index in [0.717, 1.165) is 17.2 Å². The van der Waals surface area contributed by atoms with E-state index in [1.807, 2.05) is 12.1 Å². The molecule has 1 atom stereocenters. The highest BCUT2D eigenvalue weighted by Crippen LogP contribution is 2.29. The summed E-state index contributed by atoms with van der Waals surface area (Å²) in [5.41, 5.74) is 0.804. The van der Waals surface area contributed by atoms with Gasteiger partial charge in [0, 0.05) is 25.2 Å². The quantitative estimate of drug-likeness (QED) is 0.851. The normalized spacial score (nSPS) is 20.3. The van der Waals surface area contributed by atoms with Crippen LogP contribution in [0.3, 0.4) is 0 Å². The van der Waals surface area contributed by atoms with Crippen LogP contribution < -0.4 is 15.0 Å². The molecular weight excluding hydrogens is 342 g/mol. The van der Waals surface area contributed by atoms with E-state index in [4.69, 9.17) is 4.74 Å². The third-order valence-corrected chi connectivity index (χ3v) is 4.43. The van der Waals surface area contributed by atoms with Crippen molar-refractivity contribution in [3.8, 4) is 5.75 Å². The average Bonchev–Trinajstić information content (AvgIpc) is 3.46. The highest BCUT2D eigenvalue weighted by atomic mass is 19.3. The van der Waals surface area contributed by atoms with Crippen molar-refractivity contribution >= 4 is 11.6 Å². The van der Waals surface area contributed by atoms with Crippen LogP contribution in [0, 0.1) is 0 Å². The molecule has 1 unspecified atom stereocenters. The van der Waals surface area contributed by atoms with Gasteiger partial charge >= 0.3 is 6.61 Å². The number of alkyl halides is 2. The van der Waals surface area contributed by atoms with Gasteiger partial charge in [0.25, 0.3) is 0 Å². The summed E-state index contributed by atoms with van der Waals surface area (Å²) in [6.45, 7) is -1.02. The van der Waals surface area contributed by atoms with Crippen molar-refractivity contribution in [2.45, 2.75) is 31.6 Å². The zero-order valence-corrected chi connectivity index (χ0v) is 14.1. The van der Waals surface area contributed by atoms with E-state index in [9.17, 15) is 8.78 Å². The summed E-state index contributed by atoms with van der Waals surface area (Å²) >= 11 is 0. The number of hydrogen-bond acceptors (Lipinski definition) is 6. The van der Waals surface area contributed by atoms with E-state index in [0.29, 0.717) is 25.7 Å². The van der Waals surface area contributed by atoms with E-state index < -0.39 is 6.61 Å². The largest absolute Gasteiger partial charge is 0.435 e. The van der Waals surface area contributed by atoms with Gasteiger partial charge in [-0.1, -0.05) is 12.1 Å². The van der Waals surface area contributed by atoms with Crippen LogP contribution in [0.2, 0.25) is 0 Å². The molecular formula is C18H20F2N4O2.